The molecule has 0 atom stereocenters. The molecule has 0 aliphatic heterocycles. The van der Waals surface area contributed by atoms with Crippen LogP contribution in [0.15, 0.2) is 0 Å². The van der Waals surface area contributed by atoms with Crippen LogP contribution in [0.3, 0.4) is 0 Å². The van der Waals surface area contributed by atoms with Crippen LogP contribution in [-0.4, -0.2) is 35.1 Å². The van der Waals surface area contributed by atoms with Gasteiger partial charge in [0.25, 0.3) is 0 Å². The van der Waals surface area contributed by atoms with E-state index in [2.05, 4.69) is 12.8 Å². The molecule has 0 aliphatic rings. The van der Waals surface area contributed by atoms with Gasteiger partial charge in [0, 0.05) is 5.92 Å². The van der Waals surface area contributed by atoms with Gasteiger partial charge in [0.05, 0.1) is 19.8 Å². The zero-order valence-electron chi connectivity index (χ0n) is 5.20. The lowest BCUT2D eigenvalue weighted by Gasteiger charge is -2.02. The van der Waals surface area contributed by atoms with Crippen LogP contribution in [0.4, 0.5) is 0 Å². The second-order valence-corrected chi connectivity index (χ2v) is 1.41. The van der Waals surface area contributed by atoms with E-state index in [1.165, 1.54) is 0 Å². The predicted octanol–water partition coefficient (Wildman–Crippen LogP) is -1.17. The minimum atomic E-state index is -0.347. The van der Waals surface area contributed by atoms with Crippen LogP contribution < -0.4 is 0 Å². The van der Waals surface area contributed by atoms with Crippen molar-refractivity contribution in [2.45, 2.75) is 0 Å². The molecule has 0 bridgehead atoms. The topological polar surface area (TPSA) is 60.7 Å². The minimum absolute atomic E-state index is 0.146. The van der Waals surface area contributed by atoms with Gasteiger partial charge in [-0.3, -0.25) is 0 Å². The van der Waals surface area contributed by atoms with Gasteiger partial charge in [-0.2, -0.15) is 0 Å². The first kappa shape index (κ1) is 11.3. The van der Waals surface area contributed by atoms with Gasteiger partial charge in [-0.15, -0.1) is 12.8 Å². The van der Waals surface area contributed by atoms with Crippen molar-refractivity contribution in [3.05, 3.63) is 0 Å². The number of terminal acetylenes is 1. The lowest BCUT2D eigenvalue weighted by Crippen LogP contribution is -2.14. The van der Waals surface area contributed by atoms with E-state index in [4.69, 9.17) is 15.3 Å². The SMILES string of the molecule is C#C.OCC(CO)CO. The highest BCUT2D eigenvalue weighted by molar-refractivity contribution is 4.49. The fourth-order valence-corrected chi connectivity index (χ4v) is 0.173. The van der Waals surface area contributed by atoms with E-state index in [9.17, 15) is 0 Å². The molecule has 9 heavy (non-hydrogen) atoms. The normalized spacial score (nSPS) is 8.22. The summed E-state index contributed by atoms with van der Waals surface area (Å²) in [6.07, 6.45) is 8.00. The predicted molar refractivity (Wildman–Crippen MR) is 34.6 cm³/mol. The summed E-state index contributed by atoms with van der Waals surface area (Å²) in [6, 6.07) is 0. The molecule has 0 heterocycles. The van der Waals surface area contributed by atoms with Gasteiger partial charge in [0.1, 0.15) is 0 Å². The van der Waals surface area contributed by atoms with Crippen molar-refractivity contribution in [1.82, 2.24) is 0 Å². The van der Waals surface area contributed by atoms with Gasteiger partial charge in [0.2, 0.25) is 0 Å². The molecule has 0 fully saturated rings. The fraction of sp³-hybridized carbons (Fsp3) is 0.667. The lowest BCUT2D eigenvalue weighted by atomic mass is 10.2. The Morgan fingerprint density at radius 2 is 1.11 bits per heavy atom. The third-order valence-electron chi connectivity index (χ3n) is 0.775. The summed E-state index contributed by atoms with van der Waals surface area (Å²) in [4.78, 5) is 0. The lowest BCUT2D eigenvalue weighted by molar-refractivity contribution is 0.0969. The van der Waals surface area contributed by atoms with Gasteiger partial charge in [-0.05, 0) is 0 Å². The third kappa shape index (κ3) is 7.44. The molecule has 3 heteroatoms. The van der Waals surface area contributed by atoms with E-state index in [-0.39, 0.29) is 25.7 Å². The molecule has 0 rings (SSSR count). The molecule has 0 radical (unpaired) electrons. The number of aliphatic hydroxyl groups excluding tert-OH is 3. The zero-order chi connectivity index (χ0) is 7.70. The molecular weight excluding hydrogens is 120 g/mol. The maximum Gasteiger partial charge on any atom is 0.0503 e. The van der Waals surface area contributed by atoms with Crippen molar-refractivity contribution in [2.24, 2.45) is 5.92 Å². The Hall–Kier alpha value is -0.560. The number of hydrogen-bond acceptors (Lipinski definition) is 3. The molecule has 0 amide bonds. The first-order chi connectivity index (χ1) is 4.35. The van der Waals surface area contributed by atoms with Gasteiger partial charge < -0.3 is 15.3 Å². The third-order valence-corrected chi connectivity index (χ3v) is 0.775. The molecular formula is C6H12O3. The standard InChI is InChI=1S/C4H10O3.C2H2/c5-1-4(2-6)3-7;1-2/h4-7H,1-3H2;1-2H. The Bertz CT molecular complexity index is 51.1. The molecule has 0 saturated carbocycles. The number of aliphatic hydroxyl groups is 3. The Morgan fingerprint density at radius 3 is 1.11 bits per heavy atom. The van der Waals surface area contributed by atoms with Gasteiger partial charge in [-0.1, -0.05) is 0 Å². The molecule has 0 aliphatic carbocycles. The van der Waals surface area contributed by atoms with E-state index in [1.54, 1.807) is 0 Å². The smallest absolute Gasteiger partial charge is 0.0503 e. The van der Waals surface area contributed by atoms with Crippen LogP contribution in [0, 0.1) is 18.8 Å². The van der Waals surface area contributed by atoms with E-state index in [0.29, 0.717) is 0 Å². The highest BCUT2D eigenvalue weighted by atomic mass is 16.3. The summed E-state index contributed by atoms with van der Waals surface area (Å²) in [7, 11) is 0. The Balaban J connectivity index is 0. The average Bonchev–Trinajstić information content (AvgIpc) is 1.96. The Kier molecular flexibility index (Phi) is 13.1. The maximum atomic E-state index is 8.21. The summed E-state index contributed by atoms with van der Waals surface area (Å²) < 4.78 is 0. The molecule has 0 aromatic carbocycles. The van der Waals surface area contributed by atoms with Gasteiger partial charge in [0.15, 0.2) is 0 Å². The molecule has 3 N–H and O–H groups in total. The van der Waals surface area contributed by atoms with E-state index >= 15 is 0 Å². The fourth-order valence-electron chi connectivity index (χ4n) is 0.173. The van der Waals surface area contributed by atoms with Crippen LogP contribution >= 0.6 is 0 Å². The molecule has 0 unspecified atom stereocenters. The Labute approximate surface area is 55.0 Å². The Morgan fingerprint density at radius 1 is 0.889 bits per heavy atom. The van der Waals surface area contributed by atoms with Crippen LogP contribution in [0.5, 0.6) is 0 Å². The van der Waals surface area contributed by atoms with Crippen LogP contribution in [0.1, 0.15) is 0 Å². The highest BCUT2D eigenvalue weighted by Gasteiger charge is 2.00. The van der Waals surface area contributed by atoms with Crippen molar-refractivity contribution >= 4 is 0 Å². The molecule has 0 aromatic rings. The molecule has 0 spiro atoms. The van der Waals surface area contributed by atoms with E-state index in [0.717, 1.165) is 0 Å². The van der Waals surface area contributed by atoms with Crippen LogP contribution in [-0.2, 0) is 0 Å². The van der Waals surface area contributed by atoms with Gasteiger partial charge in [-0.25, -0.2) is 0 Å². The number of hydrogen-bond donors (Lipinski definition) is 3. The van der Waals surface area contributed by atoms with Crippen molar-refractivity contribution in [1.29, 1.82) is 0 Å². The molecule has 3 nitrogen and oxygen atoms in total. The summed E-state index contributed by atoms with van der Waals surface area (Å²) in [5.74, 6) is -0.347. The van der Waals surface area contributed by atoms with E-state index in [1.807, 2.05) is 0 Å². The summed E-state index contributed by atoms with van der Waals surface area (Å²) >= 11 is 0. The summed E-state index contributed by atoms with van der Waals surface area (Å²) in [6.45, 7) is -0.437. The average molecular weight is 132 g/mol. The first-order valence-electron chi connectivity index (χ1n) is 2.51. The summed E-state index contributed by atoms with van der Waals surface area (Å²) in [5, 5.41) is 24.6. The van der Waals surface area contributed by atoms with Crippen molar-refractivity contribution in [3.8, 4) is 12.8 Å². The first-order valence-corrected chi connectivity index (χ1v) is 2.51. The van der Waals surface area contributed by atoms with E-state index < -0.39 is 0 Å². The van der Waals surface area contributed by atoms with Crippen molar-refractivity contribution < 1.29 is 15.3 Å². The van der Waals surface area contributed by atoms with Crippen LogP contribution in [0.2, 0.25) is 0 Å². The zero-order valence-corrected chi connectivity index (χ0v) is 5.20. The van der Waals surface area contributed by atoms with Crippen molar-refractivity contribution in [3.63, 3.8) is 0 Å². The summed E-state index contributed by atoms with van der Waals surface area (Å²) in [5.41, 5.74) is 0. The van der Waals surface area contributed by atoms with Crippen molar-refractivity contribution in [2.75, 3.05) is 19.8 Å². The second-order valence-electron chi connectivity index (χ2n) is 1.41. The number of rotatable bonds is 3. The maximum absolute atomic E-state index is 8.21. The quantitative estimate of drug-likeness (QED) is 0.424. The van der Waals surface area contributed by atoms with Crippen LogP contribution in [0.25, 0.3) is 0 Å². The molecule has 54 valence electrons. The molecule has 0 saturated heterocycles. The minimum Gasteiger partial charge on any atom is -0.396 e. The monoisotopic (exact) mass is 132 g/mol. The largest absolute Gasteiger partial charge is 0.396 e. The molecule has 0 aromatic heterocycles. The van der Waals surface area contributed by atoms with Gasteiger partial charge >= 0.3 is 0 Å². The second kappa shape index (κ2) is 10.4. The highest BCUT2D eigenvalue weighted by Crippen LogP contribution is 1.87.